The lowest BCUT2D eigenvalue weighted by Crippen LogP contribution is -2.31. The Bertz CT molecular complexity index is 946. The number of amidine groups is 1. The lowest BCUT2D eigenvalue weighted by atomic mass is 10.2. The number of methoxy groups -OCH3 is 1. The number of nitrogens with one attached hydrogen (secondary N) is 1. The normalized spacial score (nSPS) is 17.5. The number of carbonyl (C=O) groups is 2. The lowest BCUT2D eigenvalue weighted by molar-refractivity contribution is -0.305. The van der Waals surface area contributed by atoms with Gasteiger partial charge in [0.15, 0.2) is 16.7 Å². The minimum Gasteiger partial charge on any atom is -0.550 e. The predicted octanol–water partition coefficient (Wildman–Crippen LogP) is 1.34. The molecule has 1 aliphatic heterocycles. The Hall–Kier alpha value is -3.33. The minimum absolute atomic E-state index is 0.242. The van der Waals surface area contributed by atoms with Crippen LogP contribution >= 0.6 is 11.8 Å². The summed E-state index contributed by atoms with van der Waals surface area (Å²) in [5, 5.41) is 20.5. The van der Waals surface area contributed by atoms with Crippen molar-refractivity contribution in [2.45, 2.75) is 18.3 Å². The maximum Gasteiger partial charge on any atom is 0.239 e. The maximum atomic E-state index is 11.7. The van der Waals surface area contributed by atoms with Gasteiger partial charge in [0.25, 0.3) is 0 Å². The van der Waals surface area contributed by atoms with Crippen LogP contribution in [-0.2, 0) is 16.2 Å². The molecule has 9 heteroatoms. The molecule has 0 spiro atoms. The molecule has 1 saturated heterocycles. The fraction of sp³-hybridized carbons (Fsp3) is 0.200. The van der Waals surface area contributed by atoms with Crippen LogP contribution < -0.4 is 19.9 Å². The van der Waals surface area contributed by atoms with Gasteiger partial charge in [-0.05, 0) is 29.3 Å². The quantitative estimate of drug-likeness (QED) is 0.517. The SMILES string of the molecule is COc1ccc(/C=N\N=C2\NC(=O)[C@H](CC(=O)[O-])S2)cc1OCc1ccccc1. The van der Waals surface area contributed by atoms with Gasteiger partial charge in [0, 0.05) is 12.4 Å². The third-order valence-electron chi connectivity index (χ3n) is 3.91. The molecule has 0 aliphatic carbocycles. The molecular weight excluding hydrogens is 394 g/mol. The van der Waals surface area contributed by atoms with E-state index in [0.29, 0.717) is 18.1 Å². The first-order valence-corrected chi connectivity index (χ1v) is 9.56. The van der Waals surface area contributed by atoms with Crippen molar-refractivity contribution in [1.29, 1.82) is 0 Å². The van der Waals surface area contributed by atoms with Gasteiger partial charge in [-0.25, -0.2) is 0 Å². The molecule has 0 radical (unpaired) electrons. The van der Waals surface area contributed by atoms with Crippen LogP contribution in [0.2, 0.25) is 0 Å². The molecular formula is C20H18N3O5S-. The Morgan fingerprint density at radius 2 is 2.03 bits per heavy atom. The average molecular weight is 412 g/mol. The highest BCUT2D eigenvalue weighted by Gasteiger charge is 2.30. The number of hydrogen-bond donors (Lipinski definition) is 1. The van der Waals surface area contributed by atoms with Gasteiger partial charge in [0.2, 0.25) is 5.91 Å². The number of benzene rings is 2. The average Bonchev–Trinajstić information content (AvgIpc) is 3.05. The Balaban J connectivity index is 1.66. The number of thioether (sulfide) groups is 1. The van der Waals surface area contributed by atoms with Gasteiger partial charge in [-0.2, -0.15) is 5.10 Å². The second-order valence-electron chi connectivity index (χ2n) is 6.01. The second-order valence-corrected chi connectivity index (χ2v) is 7.20. The van der Waals surface area contributed by atoms with Crippen LogP contribution in [-0.4, -0.2) is 35.6 Å². The van der Waals surface area contributed by atoms with Gasteiger partial charge >= 0.3 is 0 Å². The number of ether oxygens (including phenoxy) is 2. The van der Waals surface area contributed by atoms with E-state index in [1.54, 1.807) is 25.3 Å². The standard InChI is InChI=1S/C20H19N3O5S/c1-27-15-8-7-14(9-16(15)28-12-13-5-3-2-4-6-13)11-21-23-20-22-19(26)17(29-20)10-18(24)25/h2-9,11,17H,10,12H2,1H3,(H,24,25)(H,22,23,26)/p-1/b21-11-/t17-/m0/s1. The second kappa shape index (κ2) is 9.74. The largest absolute Gasteiger partial charge is 0.550 e. The zero-order valence-electron chi connectivity index (χ0n) is 15.5. The van der Waals surface area contributed by atoms with E-state index < -0.39 is 17.1 Å². The highest BCUT2D eigenvalue weighted by Crippen LogP contribution is 2.28. The van der Waals surface area contributed by atoms with E-state index in [1.807, 2.05) is 30.3 Å². The van der Waals surface area contributed by atoms with Crippen LogP contribution in [0, 0.1) is 0 Å². The summed E-state index contributed by atoms with van der Waals surface area (Å²) in [4.78, 5) is 22.3. The third-order valence-corrected chi connectivity index (χ3v) is 4.98. The summed E-state index contributed by atoms with van der Waals surface area (Å²) < 4.78 is 11.2. The zero-order chi connectivity index (χ0) is 20.6. The molecule has 1 aliphatic rings. The number of carbonyl (C=O) groups excluding carboxylic acids is 2. The fourth-order valence-electron chi connectivity index (χ4n) is 2.51. The molecule has 29 heavy (non-hydrogen) atoms. The van der Waals surface area contributed by atoms with Crippen molar-refractivity contribution in [1.82, 2.24) is 5.32 Å². The van der Waals surface area contributed by atoms with Crippen molar-refractivity contribution in [3.05, 3.63) is 59.7 Å². The van der Waals surface area contributed by atoms with Gasteiger partial charge in [-0.1, -0.05) is 42.1 Å². The van der Waals surface area contributed by atoms with Crippen molar-refractivity contribution < 1.29 is 24.2 Å². The van der Waals surface area contributed by atoms with E-state index in [4.69, 9.17) is 9.47 Å². The molecule has 1 N–H and O–H groups in total. The van der Waals surface area contributed by atoms with Gasteiger partial charge in [0.05, 0.1) is 18.6 Å². The van der Waals surface area contributed by atoms with Crippen molar-refractivity contribution in [3.8, 4) is 11.5 Å². The van der Waals surface area contributed by atoms with Crippen LogP contribution in [0.4, 0.5) is 0 Å². The smallest absolute Gasteiger partial charge is 0.239 e. The summed E-state index contributed by atoms with van der Waals surface area (Å²) in [6.07, 6.45) is 1.13. The van der Waals surface area contributed by atoms with Crippen molar-refractivity contribution >= 4 is 35.0 Å². The van der Waals surface area contributed by atoms with Crippen molar-refractivity contribution in [3.63, 3.8) is 0 Å². The summed E-state index contributed by atoms with van der Waals surface area (Å²) >= 11 is 1.01. The fourth-order valence-corrected chi connectivity index (χ4v) is 3.42. The predicted molar refractivity (Wildman–Crippen MR) is 108 cm³/mol. The number of carboxylic acids is 1. The van der Waals surface area contributed by atoms with E-state index in [-0.39, 0.29) is 11.6 Å². The van der Waals surface area contributed by atoms with Crippen LogP contribution in [0.15, 0.2) is 58.7 Å². The zero-order valence-corrected chi connectivity index (χ0v) is 16.3. The highest BCUT2D eigenvalue weighted by molar-refractivity contribution is 8.15. The summed E-state index contributed by atoms with van der Waals surface area (Å²) in [6, 6.07) is 15.1. The van der Waals surface area contributed by atoms with E-state index in [9.17, 15) is 14.7 Å². The first-order chi connectivity index (χ1) is 14.0. The summed E-state index contributed by atoms with van der Waals surface area (Å²) in [5.74, 6) is -0.559. The van der Waals surface area contributed by atoms with Crippen molar-refractivity contribution in [2.75, 3.05) is 7.11 Å². The third kappa shape index (κ3) is 5.82. The number of nitrogens with zero attached hydrogens (tertiary/aromatic N) is 2. The molecule has 2 aromatic rings. The van der Waals surface area contributed by atoms with Crippen LogP contribution in [0.1, 0.15) is 17.5 Å². The van der Waals surface area contributed by atoms with Crippen LogP contribution in [0.25, 0.3) is 0 Å². The van der Waals surface area contributed by atoms with Gasteiger partial charge in [-0.3, -0.25) is 4.79 Å². The molecule has 0 saturated carbocycles. The number of hydrogen-bond acceptors (Lipinski definition) is 8. The number of amides is 1. The molecule has 0 bridgehead atoms. The minimum atomic E-state index is -1.29. The lowest BCUT2D eigenvalue weighted by Gasteiger charge is -2.11. The first-order valence-electron chi connectivity index (χ1n) is 8.68. The Kier molecular flexibility index (Phi) is 6.85. The van der Waals surface area contributed by atoms with E-state index in [1.165, 1.54) is 6.21 Å². The van der Waals surface area contributed by atoms with Crippen molar-refractivity contribution in [2.24, 2.45) is 10.2 Å². The molecule has 0 aromatic heterocycles. The molecule has 2 aromatic carbocycles. The monoisotopic (exact) mass is 412 g/mol. The van der Waals surface area contributed by atoms with Gasteiger partial charge in [0.1, 0.15) is 6.61 Å². The first kappa shape index (κ1) is 20.4. The van der Waals surface area contributed by atoms with E-state index >= 15 is 0 Å². The van der Waals surface area contributed by atoms with Gasteiger partial charge in [-0.15, -0.1) is 5.10 Å². The van der Waals surface area contributed by atoms with Crippen LogP contribution in [0.3, 0.4) is 0 Å². The number of carboxylic acid groups (broad SMARTS) is 1. The van der Waals surface area contributed by atoms with E-state index in [2.05, 4.69) is 15.5 Å². The molecule has 1 amide bonds. The summed E-state index contributed by atoms with van der Waals surface area (Å²) in [7, 11) is 1.56. The molecule has 0 unspecified atom stereocenters. The number of aliphatic carboxylic acids is 1. The Labute approximate surface area is 171 Å². The molecule has 3 rings (SSSR count). The topological polar surface area (TPSA) is 112 Å². The summed E-state index contributed by atoms with van der Waals surface area (Å²) in [6.45, 7) is 0.391. The highest BCUT2D eigenvalue weighted by atomic mass is 32.2. The Morgan fingerprint density at radius 3 is 2.76 bits per heavy atom. The molecule has 8 nitrogen and oxygen atoms in total. The molecule has 1 fully saturated rings. The maximum absolute atomic E-state index is 11.7. The molecule has 150 valence electrons. The van der Waals surface area contributed by atoms with Crippen LogP contribution in [0.5, 0.6) is 11.5 Å². The molecule has 1 heterocycles. The Morgan fingerprint density at radius 1 is 1.24 bits per heavy atom. The number of rotatable bonds is 8. The van der Waals surface area contributed by atoms with Gasteiger partial charge < -0.3 is 24.7 Å². The van der Waals surface area contributed by atoms with E-state index in [0.717, 1.165) is 22.9 Å². The summed E-state index contributed by atoms with van der Waals surface area (Å²) in [5.41, 5.74) is 1.75. The molecule has 1 atom stereocenters.